The fourth-order valence-electron chi connectivity index (χ4n) is 2.48. The van der Waals surface area contributed by atoms with Crippen molar-refractivity contribution in [2.45, 2.75) is 51.2 Å². The predicted molar refractivity (Wildman–Crippen MR) is 68.9 cm³/mol. The molecule has 0 radical (unpaired) electrons. The first-order valence-corrected chi connectivity index (χ1v) is 6.39. The topological polar surface area (TPSA) is 76.1 Å². The molecule has 1 aromatic rings. The second-order valence-corrected chi connectivity index (χ2v) is 4.79. The molecule has 96 valence electrons. The minimum atomic E-state index is -0.275. The maximum Gasteiger partial charge on any atom is 0.148 e. The number of rotatable bonds is 3. The van der Waals surface area contributed by atoms with Gasteiger partial charge in [-0.05, 0) is 19.3 Å². The molecule has 1 aromatic heterocycles. The van der Waals surface area contributed by atoms with Gasteiger partial charge in [0.25, 0.3) is 0 Å². The quantitative estimate of drug-likeness (QED) is 0.741. The van der Waals surface area contributed by atoms with E-state index in [2.05, 4.69) is 10.4 Å². The summed E-state index contributed by atoms with van der Waals surface area (Å²) in [7, 11) is 1.88. The zero-order valence-corrected chi connectivity index (χ0v) is 10.6. The molecular formula is C12H22N4O. The van der Waals surface area contributed by atoms with Crippen LogP contribution >= 0.6 is 0 Å². The van der Waals surface area contributed by atoms with Crippen LogP contribution in [-0.4, -0.2) is 27.0 Å². The van der Waals surface area contributed by atoms with E-state index < -0.39 is 0 Å². The van der Waals surface area contributed by atoms with Crippen molar-refractivity contribution >= 4 is 11.5 Å². The number of aryl methyl sites for hydroxylation is 2. The lowest BCUT2D eigenvalue weighted by molar-refractivity contribution is 0.116. The van der Waals surface area contributed by atoms with Crippen molar-refractivity contribution in [1.29, 1.82) is 0 Å². The van der Waals surface area contributed by atoms with E-state index in [1.165, 1.54) is 0 Å². The van der Waals surface area contributed by atoms with E-state index in [0.29, 0.717) is 5.69 Å². The molecule has 1 saturated carbocycles. The largest absolute Gasteiger partial charge is 0.394 e. The van der Waals surface area contributed by atoms with Crippen LogP contribution in [0.4, 0.5) is 11.5 Å². The van der Waals surface area contributed by atoms with Gasteiger partial charge in [-0.15, -0.1) is 0 Å². The molecular weight excluding hydrogens is 216 g/mol. The summed E-state index contributed by atoms with van der Waals surface area (Å²) >= 11 is 0. The second kappa shape index (κ2) is 4.96. The Kier molecular flexibility index (Phi) is 3.57. The van der Waals surface area contributed by atoms with Crippen LogP contribution in [0.3, 0.4) is 0 Å². The second-order valence-electron chi connectivity index (χ2n) is 4.79. The number of aromatic nitrogens is 2. The summed E-state index contributed by atoms with van der Waals surface area (Å²) in [6, 6.07) is 0.103. The van der Waals surface area contributed by atoms with Gasteiger partial charge in [0.2, 0.25) is 0 Å². The standard InChI is InChI=1S/C12H22N4O/c1-3-8-11(13)12(16(2)15-8)14-9-6-4-5-7-10(9)17/h9-10,14,17H,3-7,13H2,1-2H3. The summed E-state index contributed by atoms with van der Waals surface area (Å²) in [5.74, 6) is 0.841. The van der Waals surface area contributed by atoms with Gasteiger partial charge in [-0.3, -0.25) is 4.68 Å². The highest BCUT2D eigenvalue weighted by Gasteiger charge is 2.25. The number of nitrogen functional groups attached to an aromatic ring is 1. The lowest BCUT2D eigenvalue weighted by atomic mass is 9.92. The van der Waals surface area contributed by atoms with Gasteiger partial charge in [-0.1, -0.05) is 19.8 Å². The Bertz CT molecular complexity index is 388. The Hall–Kier alpha value is -1.23. The molecule has 5 heteroatoms. The monoisotopic (exact) mass is 238 g/mol. The third-order valence-electron chi connectivity index (χ3n) is 3.55. The fourth-order valence-corrected chi connectivity index (χ4v) is 2.48. The molecule has 0 spiro atoms. The van der Waals surface area contributed by atoms with Gasteiger partial charge in [0.1, 0.15) is 5.82 Å². The number of aliphatic hydroxyl groups is 1. The molecule has 1 heterocycles. The molecule has 2 rings (SSSR count). The number of nitrogens with one attached hydrogen (secondary N) is 1. The average Bonchev–Trinajstić information content (AvgIpc) is 2.59. The lowest BCUT2D eigenvalue weighted by Crippen LogP contribution is -2.37. The van der Waals surface area contributed by atoms with Gasteiger partial charge in [0.15, 0.2) is 0 Å². The number of aliphatic hydroxyl groups excluding tert-OH is 1. The van der Waals surface area contributed by atoms with E-state index in [9.17, 15) is 5.11 Å². The summed E-state index contributed by atoms with van der Waals surface area (Å²) in [5, 5.41) is 17.7. The smallest absolute Gasteiger partial charge is 0.148 e. The zero-order chi connectivity index (χ0) is 12.4. The fraction of sp³-hybridized carbons (Fsp3) is 0.750. The first-order valence-electron chi connectivity index (χ1n) is 6.39. The molecule has 5 nitrogen and oxygen atoms in total. The van der Waals surface area contributed by atoms with E-state index in [1.807, 2.05) is 14.0 Å². The molecule has 0 aromatic carbocycles. The molecule has 2 unspecified atom stereocenters. The van der Waals surface area contributed by atoms with E-state index in [1.54, 1.807) is 4.68 Å². The molecule has 1 aliphatic rings. The highest BCUT2D eigenvalue weighted by Crippen LogP contribution is 2.27. The zero-order valence-electron chi connectivity index (χ0n) is 10.6. The predicted octanol–water partition coefficient (Wildman–Crippen LogP) is 1.28. The third kappa shape index (κ3) is 2.39. The van der Waals surface area contributed by atoms with Crippen LogP contribution in [0.5, 0.6) is 0 Å². The van der Waals surface area contributed by atoms with Gasteiger partial charge in [0.05, 0.1) is 23.5 Å². The van der Waals surface area contributed by atoms with Crippen molar-refractivity contribution in [3.63, 3.8) is 0 Å². The molecule has 1 aliphatic carbocycles. The highest BCUT2D eigenvalue weighted by atomic mass is 16.3. The molecule has 4 N–H and O–H groups in total. The minimum absolute atomic E-state index is 0.103. The summed E-state index contributed by atoms with van der Waals surface area (Å²) < 4.78 is 1.77. The molecule has 17 heavy (non-hydrogen) atoms. The Morgan fingerprint density at radius 2 is 2.18 bits per heavy atom. The molecule has 0 aliphatic heterocycles. The van der Waals surface area contributed by atoms with Crippen LogP contribution < -0.4 is 11.1 Å². The average molecular weight is 238 g/mol. The highest BCUT2D eigenvalue weighted by molar-refractivity contribution is 5.65. The number of hydrogen-bond donors (Lipinski definition) is 3. The van der Waals surface area contributed by atoms with Crippen molar-refractivity contribution in [3.8, 4) is 0 Å². The van der Waals surface area contributed by atoms with Gasteiger partial charge in [-0.2, -0.15) is 5.10 Å². The van der Waals surface area contributed by atoms with Crippen molar-refractivity contribution in [2.75, 3.05) is 11.1 Å². The SMILES string of the molecule is CCc1nn(C)c(NC2CCCCC2O)c1N. The minimum Gasteiger partial charge on any atom is -0.394 e. The van der Waals surface area contributed by atoms with Gasteiger partial charge < -0.3 is 16.2 Å². The Morgan fingerprint density at radius 1 is 1.47 bits per heavy atom. The van der Waals surface area contributed by atoms with Crippen LogP contribution in [-0.2, 0) is 13.5 Å². The Balaban J connectivity index is 2.14. The van der Waals surface area contributed by atoms with Gasteiger partial charge >= 0.3 is 0 Å². The third-order valence-corrected chi connectivity index (χ3v) is 3.55. The molecule has 2 atom stereocenters. The number of hydrogen-bond acceptors (Lipinski definition) is 4. The molecule has 0 bridgehead atoms. The van der Waals surface area contributed by atoms with Crippen LogP contribution in [0.15, 0.2) is 0 Å². The molecule has 0 amide bonds. The lowest BCUT2D eigenvalue weighted by Gasteiger charge is -2.29. The molecule has 1 fully saturated rings. The normalized spacial score (nSPS) is 24.9. The maximum absolute atomic E-state index is 9.94. The summed E-state index contributed by atoms with van der Waals surface area (Å²) in [6.07, 6.45) is 4.69. The van der Waals surface area contributed by atoms with E-state index in [-0.39, 0.29) is 12.1 Å². The van der Waals surface area contributed by atoms with E-state index in [0.717, 1.165) is 43.6 Å². The number of anilines is 2. The summed E-state index contributed by atoms with van der Waals surface area (Å²) in [5.41, 5.74) is 7.68. The van der Waals surface area contributed by atoms with Crippen LogP contribution in [0.2, 0.25) is 0 Å². The number of nitrogens with zero attached hydrogens (tertiary/aromatic N) is 2. The molecule has 0 saturated heterocycles. The van der Waals surface area contributed by atoms with Crippen LogP contribution in [0.1, 0.15) is 38.3 Å². The van der Waals surface area contributed by atoms with Gasteiger partial charge in [-0.25, -0.2) is 0 Å². The van der Waals surface area contributed by atoms with Crippen molar-refractivity contribution in [3.05, 3.63) is 5.69 Å². The van der Waals surface area contributed by atoms with Crippen LogP contribution in [0.25, 0.3) is 0 Å². The summed E-state index contributed by atoms with van der Waals surface area (Å²) in [6.45, 7) is 2.04. The van der Waals surface area contributed by atoms with E-state index >= 15 is 0 Å². The van der Waals surface area contributed by atoms with Crippen molar-refractivity contribution < 1.29 is 5.11 Å². The van der Waals surface area contributed by atoms with Crippen LogP contribution in [0, 0.1) is 0 Å². The first kappa shape index (κ1) is 12.2. The van der Waals surface area contributed by atoms with Gasteiger partial charge in [0, 0.05) is 7.05 Å². The van der Waals surface area contributed by atoms with Crippen molar-refractivity contribution in [2.24, 2.45) is 7.05 Å². The Morgan fingerprint density at radius 3 is 2.76 bits per heavy atom. The van der Waals surface area contributed by atoms with Crippen molar-refractivity contribution in [1.82, 2.24) is 9.78 Å². The Labute approximate surface area is 102 Å². The summed E-state index contributed by atoms with van der Waals surface area (Å²) in [4.78, 5) is 0. The van der Waals surface area contributed by atoms with E-state index in [4.69, 9.17) is 5.73 Å². The first-order chi connectivity index (χ1) is 8.13. The maximum atomic E-state index is 9.94. The number of nitrogens with two attached hydrogens (primary N) is 1.